The third kappa shape index (κ3) is 3.01. The van der Waals surface area contributed by atoms with E-state index in [0.29, 0.717) is 31.1 Å². The molecule has 7 nitrogen and oxygen atoms in total. The van der Waals surface area contributed by atoms with Gasteiger partial charge in [0.2, 0.25) is 0 Å². The number of aliphatic hydroxyl groups is 1. The summed E-state index contributed by atoms with van der Waals surface area (Å²) in [5.41, 5.74) is 2.13. The largest absolute Gasteiger partial charge is 0.392 e. The van der Waals surface area contributed by atoms with E-state index in [1.807, 2.05) is 6.33 Å². The van der Waals surface area contributed by atoms with Gasteiger partial charge in [-0.3, -0.25) is 4.79 Å². The van der Waals surface area contributed by atoms with E-state index in [1.165, 1.54) is 25.7 Å². The molecule has 2 aromatic rings. The number of imidazole rings is 1. The Kier molecular flexibility index (Phi) is 4.20. The number of carbonyl (C=O) groups excluding carboxylic acids is 1. The van der Waals surface area contributed by atoms with Crippen LogP contribution in [-0.4, -0.2) is 50.8 Å². The molecule has 3 N–H and O–H groups in total. The highest BCUT2D eigenvalue weighted by Gasteiger charge is 2.23. The van der Waals surface area contributed by atoms with Crippen molar-refractivity contribution >= 4 is 17.1 Å². The third-order valence-electron chi connectivity index (χ3n) is 5.06. The fourth-order valence-corrected chi connectivity index (χ4v) is 3.79. The number of piperidine rings is 1. The molecule has 1 saturated carbocycles. The molecule has 1 saturated heterocycles. The zero-order valence-electron chi connectivity index (χ0n) is 13.6. The maximum atomic E-state index is 12.4. The Bertz CT molecular complexity index is 738. The molecule has 1 aliphatic carbocycles. The van der Waals surface area contributed by atoms with Crippen LogP contribution in [-0.2, 0) is 0 Å². The molecular formula is C17H23N5O2. The van der Waals surface area contributed by atoms with Gasteiger partial charge in [-0.25, -0.2) is 9.97 Å². The Hall–Kier alpha value is -1.99. The Labute approximate surface area is 140 Å². The number of nitrogens with zero attached hydrogens (tertiary/aromatic N) is 3. The highest BCUT2D eigenvalue weighted by atomic mass is 16.3. The van der Waals surface area contributed by atoms with Crippen LogP contribution in [0.4, 0.5) is 0 Å². The Morgan fingerprint density at radius 2 is 2.12 bits per heavy atom. The number of carbonyl (C=O) groups is 1. The van der Waals surface area contributed by atoms with E-state index in [1.54, 1.807) is 12.3 Å². The van der Waals surface area contributed by atoms with Gasteiger partial charge in [0, 0.05) is 31.4 Å². The van der Waals surface area contributed by atoms with Gasteiger partial charge in [-0.05, 0) is 25.3 Å². The SMILES string of the molecule is O=C(N[C@@H]1CNC[C@H](O)C1)c1cnc2c(c1)ncn2C1CCCC1. The first-order valence-corrected chi connectivity index (χ1v) is 8.73. The first-order chi connectivity index (χ1) is 11.7. The summed E-state index contributed by atoms with van der Waals surface area (Å²) in [6.45, 7) is 1.26. The fourth-order valence-electron chi connectivity index (χ4n) is 3.79. The Morgan fingerprint density at radius 3 is 2.92 bits per heavy atom. The van der Waals surface area contributed by atoms with Crippen molar-refractivity contribution in [2.75, 3.05) is 13.1 Å². The van der Waals surface area contributed by atoms with Gasteiger partial charge in [-0.15, -0.1) is 0 Å². The van der Waals surface area contributed by atoms with Crippen molar-refractivity contribution < 1.29 is 9.90 Å². The zero-order valence-corrected chi connectivity index (χ0v) is 13.6. The molecule has 0 aromatic carbocycles. The number of aliphatic hydroxyl groups excluding tert-OH is 1. The van der Waals surface area contributed by atoms with Gasteiger partial charge in [0.05, 0.1) is 18.0 Å². The average molecular weight is 329 g/mol. The minimum absolute atomic E-state index is 0.0620. The van der Waals surface area contributed by atoms with Gasteiger partial charge in [0.25, 0.3) is 5.91 Å². The minimum Gasteiger partial charge on any atom is -0.392 e. The van der Waals surface area contributed by atoms with Crippen LogP contribution in [0.3, 0.4) is 0 Å². The monoisotopic (exact) mass is 329 g/mol. The lowest BCUT2D eigenvalue weighted by Crippen LogP contribution is -2.50. The molecule has 2 fully saturated rings. The minimum atomic E-state index is -0.410. The molecule has 2 atom stereocenters. The van der Waals surface area contributed by atoms with Gasteiger partial charge >= 0.3 is 0 Å². The van der Waals surface area contributed by atoms with Crippen LogP contribution in [0.25, 0.3) is 11.2 Å². The number of fused-ring (bicyclic) bond motifs is 1. The summed E-state index contributed by atoms with van der Waals surface area (Å²) in [5.74, 6) is -0.166. The number of rotatable bonds is 3. The van der Waals surface area contributed by atoms with E-state index in [9.17, 15) is 9.90 Å². The summed E-state index contributed by atoms with van der Waals surface area (Å²) >= 11 is 0. The van der Waals surface area contributed by atoms with Gasteiger partial charge in [-0.1, -0.05) is 12.8 Å². The summed E-state index contributed by atoms with van der Waals surface area (Å²) in [4.78, 5) is 21.4. The van der Waals surface area contributed by atoms with Crippen molar-refractivity contribution in [1.29, 1.82) is 0 Å². The lowest BCUT2D eigenvalue weighted by Gasteiger charge is -2.27. The Morgan fingerprint density at radius 1 is 1.29 bits per heavy atom. The van der Waals surface area contributed by atoms with Gasteiger partial charge < -0.3 is 20.3 Å². The van der Waals surface area contributed by atoms with Crippen molar-refractivity contribution in [3.63, 3.8) is 0 Å². The van der Waals surface area contributed by atoms with Crippen molar-refractivity contribution in [2.24, 2.45) is 0 Å². The maximum absolute atomic E-state index is 12.4. The second kappa shape index (κ2) is 6.49. The van der Waals surface area contributed by atoms with E-state index in [2.05, 4.69) is 25.2 Å². The number of hydrogen-bond donors (Lipinski definition) is 3. The van der Waals surface area contributed by atoms with Crippen molar-refractivity contribution in [3.8, 4) is 0 Å². The normalized spacial score (nSPS) is 25.2. The first kappa shape index (κ1) is 15.5. The molecule has 2 aromatic heterocycles. The molecule has 1 aliphatic heterocycles. The summed E-state index contributed by atoms with van der Waals surface area (Å²) < 4.78 is 2.14. The van der Waals surface area contributed by atoms with Gasteiger partial charge in [0.1, 0.15) is 5.52 Å². The molecule has 24 heavy (non-hydrogen) atoms. The molecule has 3 heterocycles. The Balaban J connectivity index is 1.51. The quantitative estimate of drug-likeness (QED) is 0.781. The topological polar surface area (TPSA) is 92.1 Å². The van der Waals surface area contributed by atoms with E-state index in [-0.39, 0.29) is 11.9 Å². The fraction of sp³-hybridized carbons (Fsp3) is 0.588. The lowest BCUT2D eigenvalue weighted by atomic mass is 10.0. The van der Waals surface area contributed by atoms with Gasteiger partial charge in [0.15, 0.2) is 5.65 Å². The molecule has 2 aliphatic rings. The molecule has 0 unspecified atom stereocenters. The summed E-state index contributed by atoms with van der Waals surface area (Å²) in [5, 5.41) is 15.7. The number of β-amino-alcohol motifs (C(OH)–C–C–N with tert-alkyl or cyclic N) is 1. The molecule has 0 radical (unpaired) electrons. The number of pyridine rings is 1. The lowest BCUT2D eigenvalue weighted by molar-refractivity contribution is 0.0876. The highest BCUT2D eigenvalue weighted by Crippen LogP contribution is 2.31. The standard InChI is InChI=1S/C17H23N5O2/c23-14-6-12(8-18-9-14)21-17(24)11-5-15-16(19-7-11)22(10-20-15)13-3-1-2-4-13/h5,7,10,12-14,18,23H,1-4,6,8-9H2,(H,21,24)/t12-,14+/m0/s1. The van der Waals surface area contributed by atoms with Crippen molar-refractivity contribution in [2.45, 2.75) is 50.3 Å². The second-order valence-electron chi connectivity index (χ2n) is 6.88. The maximum Gasteiger partial charge on any atom is 0.253 e. The summed E-state index contributed by atoms with van der Waals surface area (Å²) in [6, 6.07) is 2.22. The predicted molar refractivity (Wildman–Crippen MR) is 89.8 cm³/mol. The number of aromatic nitrogens is 3. The molecule has 4 rings (SSSR count). The van der Waals surface area contributed by atoms with Crippen molar-refractivity contribution in [1.82, 2.24) is 25.2 Å². The van der Waals surface area contributed by atoms with Gasteiger partial charge in [-0.2, -0.15) is 0 Å². The van der Waals surface area contributed by atoms with Crippen LogP contribution < -0.4 is 10.6 Å². The molecule has 0 spiro atoms. The van der Waals surface area contributed by atoms with Crippen LogP contribution in [0.1, 0.15) is 48.5 Å². The smallest absolute Gasteiger partial charge is 0.253 e. The van der Waals surface area contributed by atoms with E-state index >= 15 is 0 Å². The average Bonchev–Trinajstić information content (AvgIpc) is 3.23. The van der Waals surface area contributed by atoms with E-state index in [0.717, 1.165) is 11.2 Å². The predicted octanol–water partition coefficient (Wildman–Crippen LogP) is 0.999. The van der Waals surface area contributed by atoms with E-state index in [4.69, 9.17) is 0 Å². The molecule has 0 bridgehead atoms. The van der Waals surface area contributed by atoms with Crippen LogP contribution in [0.2, 0.25) is 0 Å². The van der Waals surface area contributed by atoms with Crippen LogP contribution >= 0.6 is 0 Å². The first-order valence-electron chi connectivity index (χ1n) is 8.73. The molecule has 7 heteroatoms. The zero-order chi connectivity index (χ0) is 16.5. The van der Waals surface area contributed by atoms with E-state index < -0.39 is 6.10 Å². The third-order valence-corrected chi connectivity index (χ3v) is 5.06. The number of hydrogen-bond acceptors (Lipinski definition) is 5. The molecule has 128 valence electrons. The summed E-state index contributed by atoms with van der Waals surface area (Å²) in [6.07, 6.45) is 8.49. The van der Waals surface area contributed by atoms with Crippen LogP contribution in [0.5, 0.6) is 0 Å². The van der Waals surface area contributed by atoms with Crippen molar-refractivity contribution in [3.05, 3.63) is 24.2 Å². The van der Waals surface area contributed by atoms with Crippen LogP contribution in [0, 0.1) is 0 Å². The summed E-state index contributed by atoms with van der Waals surface area (Å²) in [7, 11) is 0. The van der Waals surface area contributed by atoms with Crippen LogP contribution in [0.15, 0.2) is 18.6 Å². The second-order valence-corrected chi connectivity index (χ2v) is 6.88. The highest BCUT2D eigenvalue weighted by molar-refractivity contribution is 5.96. The molecular weight excluding hydrogens is 306 g/mol. The number of nitrogens with one attached hydrogen (secondary N) is 2. The number of amides is 1. The molecule has 1 amide bonds.